The van der Waals surface area contributed by atoms with E-state index in [2.05, 4.69) is 10.5 Å². The average Bonchev–Trinajstić information content (AvgIpc) is 3.04. The van der Waals surface area contributed by atoms with E-state index in [0.717, 1.165) is 12.1 Å². The molecule has 4 nitrogen and oxygen atoms in total. The molecule has 128 valence electrons. The number of amides is 1. The lowest BCUT2D eigenvalue weighted by Gasteiger charge is -2.08. The molecule has 0 saturated carbocycles. The minimum absolute atomic E-state index is 0.0506. The lowest BCUT2D eigenvalue weighted by Crippen LogP contribution is -2.29. The summed E-state index contributed by atoms with van der Waals surface area (Å²) in [6.45, 7) is 3.77. The van der Waals surface area contributed by atoms with Crippen molar-refractivity contribution in [2.45, 2.75) is 19.9 Å². The molecular formula is C19H16F2N2O2. The molecule has 25 heavy (non-hydrogen) atoms. The van der Waals surface area contributed by atoms with Gasteiger partial charge < -0.3 is 9.84 Å². The van der Waals surface area contributed by atoms with Gasteiger partial charge in [0.2, 0.25) is 0 Å². The van der Waals surface area contributed by atoms with Crippen LogP contribution in [-0.2, 0) is 0 Å². The van der Waals surface area contributed by atoms with Gasteiger partial charge in [0.15, 0.2) is 5.76 Å². The summed E-state index contributed by atoms with van der Waals surface area (Å²) >= 11 is 0. The zero-order valence-corrected chi connectivity index (χ0v) is 13.7. The largest absolute Gasteiger partial charge is 0.356 e. The topological polar surface area (TPSA) is 55.1 Å². The number of carbonyl (C=O) groups excluding carboxylic acids is 1. The number of carbonyl (C=O) groups is 1. The summed E-state index contributed by atoms with van der Waals surface area (Å²) in [7, 11) is 0. The van der Waals surface area contributed by atoms with Crippen LogP contribution < -0.4 is 5.32 Å². The third kappa shape index (κ3) is 3.74. The maximum Gasteiger partial charge on any atom is 0.251 e. The number of nitrogens with one attached hydrogen (secondary N) is 1. The van der Waals surface area contributed by atoms with Crippen molar-refractivity contribution in [2.24, 2.45) is 0 Å². The molecule has 1 amide bonds. The summed E-state index contributed by atoms with van der Waals surface area (Å²) < 4.78 is 32.1. The highest BCUT2D eigenvalue weighted by atomic mass is 19.1. The molecule has 3 rings (SSSR count). The zero-order chi connectivity index (χ0) is 18.0. The van der Waals surface area contributed by atoms with Crippen LogP contribution in [0.2, 0.25) is 0 Å². The van der Waals surface area contributed by atoms with E-state index in [-0.39, 0.29) is 23.2 Å². The lowest BCUT2D eigenvalue weighted by atomic mass is 10.1. The van der Waals surface area contributed by atoms with Gasteiger partial charge in [-0.1, -0.05) is 17.3 Å². The van der Waals surface area contributed by atoms with Crippen molar-refractivity contribution in [1.82, 2.24) is 10.5 Å². The highest BCUT2D eigenvalue weighted by Gasteiger charge is 2.14. The monoisotopic (exact) mass is 342 g/mol. The van der Waals surface area contributed by atoms with E-state index in [1.807, 2.05) is 13.8 Å². The summed E-state index contributed by atoms with van der Waals surface area (Å²) in [5.74, 6) is -1.09. The molecule has 1 aromatic heterocycles. The normalized spacial score (nSPS) is 10.9. The van der Waals surface area contributed by atoms with Crippen LogP contribution in [0, 0.1) is 11.6 Å². The molecule has 1 N–H and O–H groups in total. The fraction of sp³-hybridized carbons (Fsp3) is 0.158. The van der Waals surface area contributed by atoms with Gasteiger partial charge in [-0.2, -0.15) is 0 Å². The Morgan fingerprint density at radius 2 is 1.80 bits per heavy atom. The molecular weight excluding hydrogens is 326 g/mol. The Labute approximate surface area is 143 Å². The summed E-state index contributed by atoms with van der Waals surface area (Å²) in [4.78, 5) is 11.9. The van der Waals surface area contributed by atoms with E-state index in [0.29, 0.717) is 16.9 Å². The van der Waals surface area contributed by atoms with Crippen LogP contribution in [0.25, 0.3) is 22.6 Å². The van der Waals surface area contributed by atoms with Crippen molar-refractivity contribution in [3.05, 3.63) is 65.7 Å². The smallest absolute Gasteiger partial charge is 0.251 e. The SMILES string of the molecule is CC(C)NC(=O)c1ccc(-c2cc(-c3ccc(F)cc3F)no2)cc1. The quantitative estimate of drug-likeness (QED) is 0.763. The summed E-state index contributed by atoms with van der Waals surface area (Å²) in [5.41, 5.74) is 1.66. The Kier molecular flexibility index (Phi) is 4.61. The van der Waals surface area contributed by atoms with Crippen LogP contribution in [0.3, 0.4) is 0 Å². The van der Waals surface area contributed by atoms with Gasteiger partial charge in [-0.25, -0.2) is 8.78 Å². The summed E-state index contributed by atoms with van der Waals surface area (Å²) in [6, 6.07) is 11.7. The second-order valence-electron chi connectivity index (χ2n) is 5.91. The van der Waals surface area contributed by atoms with E-state index in [1.165, 1.54) is 6.07 Å². The Hall–Kier alpha value is -3.02. The lowest BCUT2D eigenvalue weighted by molar-refractivity contribution is 0.0943. The molecule has 0 spiro atoms. The van der Waals surface area contributed by atoms with Crippen LogP contribution in [0.15, 0.2) is 53.1 Å². The van der Waals surface area contributed by atoms with Crippen molar-refractivity contribution >= 4 is 5.91 Å². The molecule has 0 aliphatic rings. The molecule has 3 aromatic rings. The van der Waals surface area contributed by atoms with Gasteiger partial charge in [-0.15, -0.1) is 0 Å². The van der Waals surface area contributed by atoms with E-state index < -0.39 is 11.6 Å². The van der Waals surface area contributed by atoms with Crippen LogP contribution in [0.1, 0.15) is 24.2 Å². The fourth-order valence-corrected chi connectivity index (χ4v) is 2.37. The molecule has 0 aliphatic carbocycles. The molecule has 0 radical (unpaired) electrons. The predicted molar refractivity (Wildman–Crippen MR) is 89.9 cm³/mol. The van der Waals surface area contributed by atoms with Crippen molar-refractivity contribution in [3.63, 3.8) is 0 Å². The summed E-state index contributed by atoms with van der Waals surface area (Å²) in [5, 5.41) is 6.64. The van der Waals surface area contributed by atoms with Gasteiger partial charge in [0.1, 0.15) is 17.3 Å². The molecule has 0 saturated heterocycles. The van der Waals surface area contributed by atoms with Crippen LogP contribution in [0.4, 0.5) is 8.78 Å². The Morgan fingerprint density at radius 1 is 1.08 bits per heavy atom. The average molecular weight is 342 g/mol. The molecule has 1 heterocycles. The number of nitrogens with zero attached hydrogens (tertiary/aromatic N) is 1. The van der Waals surface area contributed by atoms with Crippen LogP contribution >= 0.6 is 0 Å². The van der Waals surface area contributed by atoms with Gasteiger partial charge >= 0.3 is 0 Å². The molecule has 0 fully saturated rings. The van der Waals surface area contributed by atoms with Gasteiger partial charge in [0.25, 0.3) is 5.91 Å². The number of rotatable bonds is 4. The van der Waals surface area contributed by atoms with Crippen molar-refractivity contribution in [3.8, 4) is 22.6 Å². The van der Waals surface area contributed by atoms with Crippen molar-refractivity contribution in [2.75, 3.05) is 0 Å². The third-order valence-electron chi connectivity index (χ3n) is 3.57. The van der Waals surface area contributed by atoms with Gasteiger partial charge in [0, 0.05) is 34.9 Å². The number of benzene rings is 2. The van der Waals surface area contributed by atoms with E-state index in [4.69, 9.17) is 4.52 Å². The highest BCUT2D eigenvalue weighted by Crippen LogP contribution is 2.28. The van der Waals surface area contributed by atoms with Crippen LogP contribution in [0.5, 0.6) is 0 Å². The van der Waals surface area contributed by atoms with Gasteiger partial charge in [-0.05, 0) is 38.1 Å². The maximum atomic E-state index is 13.8. The van der Waals surface area contributed by atoms with Crippen molar-refractivity contribution < 1.29 is 18.1 Å². The number of aromatic nitrogens is 1. The van der Waals surface area contributed by atoms with E-state index >= 15 is 0 Å². The Balaban J connectivity index is 1.84. The van der Waals surface area contributed by atoms with Gasteiger partial charge in [0.05, 0.1) is 0 Å². The molecule has 6 heteroatoms. The van der Waals surface area contributed by atoms with E-state index in [9.17, 15) is 13.6 Å². The number of hydrogen-bond donors (Lipinski definition) is 1. The standard InChI is InChI=1S/C19H16F2N2O2/c1-11(2)22-19(24)13-5-3-12(4-6-13)18-10-17(23-25-18)15-8-7-14(20)9-16(15)21/h3-11H,1-2H3,(H,22,24). The second kappa shape index (κ2) is 6.84. The second-order valence-corrected chi connectivity index (χ2v) is 5.91. The molecule has 2 aromatic carbocycles. The first-order valence-corrected chi connectivity index (χ1v) is 7.77. The van der Waals surface area contributed by atoms with Crippen LogP contribution in [-0.4, -0.2) is 17.1 Å². The van der Waals surface area contributed by atoms with Gasteiger partial charge in [-0.3, -0.25) is 4.79 Å². The minimum atomic E-state index is -0.708. The first-order valence-electron chi connectivity index (χ1n) is 7.77. The number of hydrogen-bond acceptors (Lipinski definition) is 3. The molecule has 0 aliphatic heterocycles. The molecule has 0 unspecified atom stereocenters. The minimum Gasteiger partial charge on any atom is -0.356 e. The Bertz CT molecular complexity index is 902. The number of halogens is 2. The maximum absolute atomic E-state index is 13.8. The highest BCUT2D eigenvalue weighted by molar-refractivity contribution is 5.94. The third-order valence-corrected chi connectivity index (χ3v) is 3.57. The first-order chi connectivity index (χ1) is 11.9. The predicted octanol–water partition coefficient (Wildman–Crippen LogP) is 4.43. The fourth-order valence-electron chi connectivity index (χ4n) is 2.37. The molecule has 0 bridgehead atoms. The first kappa shape index (κ1) is 16.8. The zero-order valence-electron chi connectivity index (χ0n) is 13.7. The molecule has 0 atom stereocenters. The van der Waals surface area contributed by atoms with E-state index in [1.54, 1.807) is 30.3 Å². The van der Waals surface area contributed by atoms with Crippen molar-refractivity contribution in [1.29, 1.82) is 0 Å². The Morgan fingerprint density at radius 3 is 2.44 bits per heavy atom. The summed E-state index contributed by atoms with van der Waals surface area (Å²) in [6.07, 6.45) is 0.